The van der Waals surface area contributed by atoms with Crippen LogP contribution in [-0.2, 0) is 12.4 Å². The van der Waals surface area contributed by atoms with Gasteiger partial charge in [0.15, 0.2) is 0 Å². The van der Waals surface area contributed by atoms with E-state index >= 15 is 0 Å². The number of alkyl halides is 6. The topological polar surface area (TPSA) is 18.5 Å². The maximum atomic E-state index is 12.8. The Morgan fingerprint density at radius 2 is 0.833 bits per heavy atom. The molecule has 0 heterocycles. The first kappa shape index (κ1) is 21.5. The summed E-state index contributed by atoms with van der Waals surface area (Å²) in [6.07, 6.45) is -8.90. The predicted molar refractivity (Wildman–Crippen MR) is 100 cm³/mol. The molecule has 0 amide bonds. The van der Waals surface area contributed by atoms with Gasteiger partial charge in [-0.2, -0.15) is 26.3 Å². The average molecular weight is 426 g/mol. The molecule has 0 saturated carbocycles. The highest BCUT2D eigenvalue weighted by atomic mass is 19.4. The van der Waals surface area contributed by atoms with Crippen molar-refractivity contribution in [1.29, 1.82) is 0 Å². The molecule has 0 fully saturated rings. The highest BCUT2D eigenvalue weighted by molar-refractivity contribution is 5.81. The summed E-state index contributed by atoms with van der Waals surface area (Å²) in [5, 5.41) is 0. The van der Waals surface area contributed by atoms with Crippen LogP contribution in [0.15, 0.2) is 60.7 Å². The van der Waals surface area contributed by atoms with Gasteiger partial charge in [0.1, 0.15) is 11.5 Å². The van der Waals surface area contributed by atoms with Gasteiger partial charge in [-0.1, -0.05) is 24.3 Å². The van der Waals surface area contributed by atoms with Gasteiger partial charge >= 0.3 is 12.4 Å². The third-order valence-electron chi connectivity index (χ3n) is 4.57. The van der Waals surface area contributed by atoms with Gasteiger partial charge in [-0.15, -0.1) is 0 Å². The normalized spacial score (nSPS) is 12.0. The molecule has 0 unspecified atom stereocenters. The van der Waals surface area contributed by atoms with Gasteiger partial charge in [0.25, 0.3) is 0 Å². The lowest BCUT2D eigenvalue weighted by Crippen LogP contribution is -2.04. The Bertz CT molecular complexity index is 934. The Kier molecular flexibility index (Phi) is 5.70. The SMILES string of the molecule is COc1cc(-c2ccc(C(F)(F)F)cc2)c(OC)cc1-c1ccc(C(F)(F)F)cc1. The van der Waals surface area contributed by atoms with Crippen molar-refractivity contribution in [3.8, 4) is 33.8 Å². The predicted octanol–water partition coefficient (Wildman–Crippen LogP) is 7.08. The zero-order valence-electron chi connectivity index (χ0n) is 15.9. The molecule has 0 aliphatic carbocycles. The van der Waals surface area contributed by atoms with Crippen LogP contribution in [0, 0.1) is 0 Å². The lowest BCUT2D eigenvalue weighted by atomic mass is 9.96. The summed E-state index contributed by atoms with van der Waals surface area (Å²) in [5.74, 6) is 0.677. The number of methoxy groups -OCH3 is 2. The van der Waals surface area contributed by atoms with Crippen molar-refractivity contribution in [2.45, 2.75) is 12.4 Å². The van der Waals surface area contributed by atoms with Crippen molar-refractivity contribution in [1.82, 2.24) is 0 Å². The summed E-state index contributed by atoms with van der Waals surface area (Å²) in [6.45, 7) is 0. The average Bonchev–Trinajstić information content (AvgIpc) is 2.71. The minimum Gasteiger partial charge on any atom is -0.496 e. The van der Waals surface area contributed by atoms with E-state index in [1.807, 2.05) is 0 Å². The van der Waals surface area contributed by atoms with Crippen LogP contribution in [0.25, 0.3) is 22.3 Å². The molecule has 0 aliphatic heterocycles. The fraction of sp³-hybridized carbons (Fsp3) is 0.182. The smallest absolute Gasteiger partial charge is 0.416 e. The molecule has 30 heavy (non-hydrogen) atoms. The molecule has 0 N–H and O–H groups in total. The number of ether oxygens (including phenoxy) is 2. The molecule has 0 atom stereocenters. The van der Waals surface area contributed by atoms with Crippen LogP contribution >= 0.6 is 0 Å². The first-order valence-corrected chi connectivity index (χ1v) is 8.66. The van der Waals surface area contributed by atoms with Gasteiger partial charge in [-0.25, -0.2) is 0 Å². The molecule has 0 saturated heterocycles. The second kappa shape index (κ2) is 7.93. The Balaban J connectivity index is 2.07. The second-order valence-corrected chi connectivity index (χ2v) is 6.40. The number of hydrogen-bond donors (Lipinski definition) is 0. The zero-order chi connectivity index (χ0) is 22.1. The standard InChI is InChI=1S/C22H16F6O2/c1-29-19-11-18(14-5-9-16(10-6-14)22(26,27)28)20(30-2)12-17(19)13-3-7-15(8-4-13)21(23,24)25/h3-12H,1-2H3. The highest BCUT2D eigenvalue weighted by Gasteiger charge is 2.31. The number of halogens is 6. The van der Waals surface area contributed by atoms with Crippen molar-refractivity contribution in [2.75, 3.05) is 14.2 Å². The summed E-state index contributed by atoms with van der Waals surface area (Å²) in [4.78, 5) is 0. The summed E-state index contributed by atoms with van der Waals surface area (Å²) in [7, 11) is 2.79. The zero-order valence-corrected chi connectivity index (χ0v) is 15.9. The van der Waals surface area contributed by atoms with Crippen LogP contribution < -0.4 is 9.47 Å². The third-order valence-corrected chi connectivity index (χ3v) is 4.57. The highest BCUT2D eigenvalue weighted by Crippen LogP contribution is 2.42. The van der Waals surface area contributed by atoms with Crippen LogP contribution in [0.2, 0.25) is 0 Å². The van der Waals surface area contributed by atoms with Crippen molar-refractivity contribution in [3.63, 3.8) is 0 Å². The van der Waals surface area contributed by atoms with Crippen molar-refractivity contribution < 1.29 is 35.8 Å². The van der Waals surface area contributed by atoms with E-state index in [2.05, 4.69) is 0 Å². The van der Waals surface area contributed by atoms with Crippen LogP contribution in [0.5, 0.6) is 11.5 Å². The molecule has 2 nitrogen and oxygen atoms in total. The fourth-order valence-corrected chi connectivity index (χ4v) is 3.03. The molecular weight excluding hydrogens is 410 g/mol. The van der Waals surface area contributed by atoms with Crippen molar-refractivity contribution >= 4 is 0 Å². The lowest BCUT2D eigenvalue weighted by Gasteiger charge is -2.16. The molecule has 158 valence electrons. The molecule has 0 spiro atoms. The Morgan fingerprint density at radius 3 is 1.07 bits per heavy atom. The van der Waals surface area contributed by atoms with Crippen LogP contribution in [0.1, 0.15) is 11.1 Å². The monoisotopic (exact) mass is 426 g/mol. The summed E-state index contributed by atoms with van der Waals surface area (Å²) in [5.41, 5.74) is 0.351. The quantitative estimate of drug-likeness (QED) is 0.415. The van der Waals surface area contributed by atoms with E-state index in [1.54, 1.807) is 12.1 Å². The first-order valence-electron chi connectivity index (χ1n) is 8.66. The van der Waals surface area contributed by atoms with Crippen molar-refractivity contribution in [2.24, 2.45) is 0 Å². The largest absolute Gasteiger partial charge is 0.496 e. The molecule has 0 aromatic heterocycles. The molecule has 3 aromatic carbocycles. The number of rotatable bonds is 4. The Labute approximate surface area is 168 Å². The molecule has 0 aliphatic rings. The summed E-state index contributed by atoms with van der Waals surface area (Å²) >= 11 is 0. The van der Waals surface area contributed by atoms with Gasteiger partial charge in [0, 0.05) is 11.1 Å². The van der Waals surface area contributed by atoms with Gasteiger partial charge in [-0.3, -0.25) is 0 Å². The van der Waals surface area contributed by atoms with Crippen LogP contribution in [-0.4, -0.2) is 14.2 Å². The van der Waals surface area contributed by atoms with E-state index in [1.165, 1.54) is 38.5 Å². The number of benzene rings is 3. The fourth-order valence-electron chi connectivity index (χ4n) is 3.03. The molecule has 0 bridgehead atoms. The van der Waals surface area contributed by atoms with Gasteiger partial charge in [0.05, 0.1) is 25.3 Å². The van der Waals surface area contributed by atoms with Gasteiger partial charge in [-0.05, 0) is 47.5 Å². The van der Waals surface area contributed by atoms with Gasteiger partial charge < -0.3 is 9.47 Å². The molecule has 3 aromatic rings. The third kappa shape index (κ3) is 4.37. The van der Waals surface area contributed by atoms with Crippen molar-refractivity contribution in [3.05, 3.63) is 71.8 Å². The van der Waals surface area contributed by atoms with E-state index in [9.17, 15) is 26.3 Å². The van der Waals surface area contributed by atoms with E-state index < -0.39 is 23.5 Å². The Hall–Kier alpha value is -3.16. The van der Waals surface area contributed by atoms with Crippen LogP contribution in [0.4, 0.5) is 26.3 Å². The summed E-state index contributed by atoms with van der Waals surface area (Å²) in [6, 6.07) is 12.3. The molecule has 3 rings (SSSR count). The van der Waals surface area contributed by atoms with Crippen LogP contribution in [0.3, 0.4) is 0 Å². The Morgan fingerprint density at radius 1 is 0.533 bits per heavy atom. The van der Waals surface area contributed by atoms with E-state index in [0.717, 1.165) is 24.3 Å². The van der Waals surface area contributed by atoms with E-state index in [-0.39, 0.29) is 0 Å². The minimum atomic E-state index is -4.45. The van der Waals surface area contributed by atoms with Gasteiger partial charge in [0.2, 0.25) is 0 Å². The summed E-state index contributed by atoms with van der Waals surface area (Å²) < 4.78 is 87.6. The molecule has 0 radical (unpaired) electrons. The molecular formula is C22H16F6O2. The minimum absolute atomic E-state index is 0.338. The number of hydrogen-bond acceptors (Lipinski definition) is 2. The molecule has 8 heteroatoms. The maximum absolute atomic E-state index is 12.8. The first-order chi connectivity index (χ1) is 14.0. The second-order valence-electron chi connectivity index (χ2n) is 6.40. The maximum Gasteiger partial charge on any atom is 0.416 e. The lowest BCUT2D eigenvalue weighted by molar-refractivity contribution is -0.138. The van der Waals surface area contributed by atoms with E-state index in [4.69, 9.17) is 9.47 Å². The van der Waals surface area contributed by atoms with E-state index in [0.29, 0.717) is 33.8 Å².